The summed E-state index contributed by atoms with van der Waals surface area (Å²) in [6.07, 6.45) is 1.30. The summed E-state index contributed by atoms with van der Waals surface area (Å²) in [5.74, 6) is 0. The van der Waals surface area contributed by atoms with Gasteiger partial charge in [0.25, 0.3) is 0 Å². The lowest BCUT2D eigenvalue weighted by atomic mass is 10.5. The lowest BCUT2D eigenvalue weighted by Gasteiger charge is -2.03. The number of hydrogen-bond acceptors (Lipinski definition) is 2. The Morgan fingerprint density at radius 1 is 1.38 bits per heavy atom. The third-order valence-corrected chi connectivity index (χ3v) is 1.05. The predicted molar refractivity (Wildman–Crippen MR) is 39.7 cm³/mol. The first-order valence-electron chi connectivity index (χ1n) is 2.34. The van der Waals surface area contributed by atoms with Gasteiger partial charge in [0, 0.05) is 20.1 Å². The molecule has 1 aliphatic rings. The molecule has 0 aromatic heterocycles. The van der Waals surface area contributed by atoms with E-state index in [1.165, 1.54) is 13.0 Å². The minimum Gasteiger partial charge on any atom is -0.255 e. The minimum absolute atomic E-state index is 0. The van der Waals surface area contributed by atoms with E-state index in [0.29, 0.717) is 0 Å². The van der Waals surface area contributed by atoms with Crippen molar-refractivity contribution in [1.82, 2.24) is 10.4 Å². The van der Waals surface area contributed by atoms with E-state index in [9.17, 15) is 0 Å². The van der Waals surface area contributed by atoms with E-state index in [1.54, 1.807) is 0 Å². The van der Waals surface area contributed by atoms with Crippen molar-refractivity contribution in [3.63, 3.8) is 0 Å². The van der Waals surface area contributed by atoms with Gasteiger partial charge in [-0.15, -0.1) is 24.8 Å². The summed E-state index contributed by atoms with van der Waals surface area (Å²) in [7, 11) is 2.06. The van der Waals surface area contributed by atoms with E-state index in [0.717, 1.165) is 6.54 Å². The van der Waals surface area contributed by atoms with Gasteiger partial charge >= 0.3 is 0 Å². The van der Waals surface area contributed by atoms with Crippen molar-refractivity contribution in [2.75, 3.05) is 20.1 Å². The van der Waals surface area contributed by atoms with Crippen molar-refractivity contribution >= 4 is 24.8 Å². The van der Waals surface area contributed by atoms with Gasteiger partial charge in [0.1, 0.15) is 0 Å². The molecule has 0 saturated carbocycles. The zero-order valence-electron chi connectivity index (χ0n) is 4.89. The average molecular weight is 159 g/mol. The number of nitrogens with one attached hydrogen (secondary N) is 1. The van der Waals surface area contributed by atoms with E-state index >= 15 is 0 Å². The van der Waals surface area contributed by atoms with Gasteiger partial charge in [0.15, 0.2) is 0 Å². The second-order valence-electron chi connectivity index (χ2n) is 1.68. The Kier molecular flexibility index (Phi) is 7.97. The Balaban J connectivity index is 0. The van der Waals surface area contributed by atoms with Crippen LogP contribution in [0.25, 0.3) is 0 Å². The Morgan fingerprint density at radius 2 is 2.00 bits per heavy atom. The van der Waals surface area contributed by atoms with Gasteiger partial charge in [-0.3, -0.25) is 5.43 Å². The molecule has 0 atom stereocenters. The molecule has 4 heteroatoms. The highest BCUT2D eigenvalue weighted by molar-refractivity contribution is 5.85. The van der Waals surface area contributed by atoms with Crippen molar-refractivity contribution in [2.24, 2.45) is 0 Å². The van der Waals surface area contributed by atoms with Crippen LogP contribution >= 0.6 is 24.8 Å². The van der Waals surface area contributed by atoms with Crippen molar-refractivity contribution < 1.29 is 0 Å². The van der Waals surface area contributed by atoms with Crippen LogP contribution in [0, 0.1) is 0 Å². The van der Waals surface area contributed by atoms with Crippen LogP contribution in [-0.2, 0) is 0 Å². The SMILES string of the molecule is CN1CCCN1.Cl.Cl. The average Bonchev–Trinajstić information content (AvgIpc) is 1.86. The van der Waals surface area contributed by atoms with Crippen LogP contribution in [0.15, 0.2) is 0 Å². The van der Waals surface area contributed by atoms with Crippen molar-refractivity contribution in [2.45, 2.75) is 6.42 Å². The smallest absolute Gasteiger partial charge is 0.0140 e. The van der Waals surface area contributed by atoms with E-state index in [4.69, 9.17) is 0 Å². The molecule has 0 aromatic rings. The fourth-order valence-electron chi connectivity index (χ4n) is 0.665. The lowest BCUT2D eigenvalue weighted by Crippen LogP contribution is -2.25. The van der Waals surface area contributed by atoms with Crippen LogP contribution in [0.1, 0.15) is 6.42 Å². The van der Waals surface area contributed by atoms with Crippen molar-refractivity contribution in [3.8, 4) is 0 Å². The summed E-state index contributed by atoms with van der Waals surface area (Å²) >= 11 is 0. The Labute approximate surface area is 62.4 Å². The van der Waals surface area contributed by atoms with E-state index in [-0.39, 0.29) is 24.8 Å². The van der Waals surface area contributed by atoms with Gasteiger partial charge in [-0.25, -0.2) is 5.01 Å². The zero-order valence-corrected chi connectivity index (χ0v) is 6.52. The topological polar surface area (TPSA) is 15.3 Å². The zero-order chi connectivity index (χ0) is 4.41. The van der Waals surface area contributed by atoms with Gasteiger partial charge < -0.3 is 0 Å². The molecule has 0 aromatic carbocycles. The van der Waals surface area contributed by atoms with E-state index < -0.39 is 0 Å². The lowest BCUT2D eigenvalue weighted by molar-refractivity contribution is 0.316. The maximum atomic E-state index is 3.15. The van der Waals surface area contributed by atoms with Crippen LogP contribution < -0.4 is 5.43 Å². The maximum Gasteiger partial charge on any atom is 0.0140 e. The minimum atomic E-state index is 0. The molecule has 1 N–H and O–H groups in total. The predicted octanol–water partition coefficient (Wildman–Crippen LogP) is 0.670. The van der Waals surface area contributed by atoms with Gasteiger partial charge in [-0.2, -0.15) is 0 Å². The van der Waals surface area contributed by atoms with Crippen molar-refractivity contribution in [1.29, 1.82) is 0 Å². The number of hydrazine groups is 1. The molecule has 0 bridgehead atoms. The quantitative estimate of drug-likeness (QED) is 0.558. The summed E-state index contributed by atoms with van der Waals surface area (Å²) in [5, 5.41) is 2.11. The molecule has 0 unspecified atom stereocenters. The fourth-order valence-corrected chi connectivity index (χ4v) is 0.665. The Hall–Kier alpha value is 0.500. The maximum absolute atomic E-state index is 3.15. The molecule has 0 aliphatic carbocycles. The second-order valence-corrected chi connectivity index (χ2v) is 1.68. The van der Waals surface area contributed by atoms with Crippen LogP contribution in [0.2, 0.25) is 0 Å². The van der Waals surface area contributed by atoms with Gasteiger partial charge in [0.05, 0.1) is 0 Å². The highest BCUT2D eigenvalue weighted by atomic mass is 35.5. The molecule has 2 nitrogen and oxygen atoms in total. The van der Waals surface area contributed by atoms with E-state index in [2.05, 4.69) is 17.5 Å². The summed E-state index contributed by atoms with van der Waals surface area (Å²) in [6, 6.07) is 0. The highest BCUT2D eigenvalue weighted by Crippen LogP contribution is 1.88. The molecule has 0 amide bonds. The fraction of sp³-hybridized carbons (Fsp3) is 1.00. The molecule has 8 heavy (non-hydrogen) atoms. The molecule has 0 spiro atoms. The number of hydrogen-bond donors (Lipinski definition) is 1. The molecule has 1 fully saturated rings. The first-order chi connectivity index (χ1) is 2.89. The highest BCUT2D eigenvalue weighted by Gasteiger charge is 2.01. The molecule has 1 aliphatic heterocycles. The number of rotatable bonds is 0. The monoisotopic (exact) mass is 158 g/mol. The summed E-state index contributed by atoms with van der Waals surface area (Å²) in [4.78, 5) is 0. The first-order valence-corrected chi connectivity index (χ1v) is 2.34. The van der Waals surface area contributed by atoms with E-state index in [1.807, 2.05) is 0 Å². The summed E-state index contributed by atoms with van der Waals surface area (Å²) < 4.78 is 0. The van der Waals surface area contributed by atoms with Crippen LogP contribution in [0.5, 0.6) is 0 Å². The molecule has 1 rings (SSSR count). The van der Waals surface area contributed by atoms with Crippen molar-refractivity contribution in [3.05, 3.63) is 0 Å². The van der Waals surface area contributed by atoms with Gasteiger partial charge in [-0.1, -0.05) is 0 Å². The molecular weight excluding hydrogens is 147 g/mol. The molecule has 1 heterocycles. The molecular formula is C4H12Cl2N2. The largest absolute Gasteiger partial charge is 0.255 e. The first kappa shape index (κ1) is 11.3. The second kappa shape index (κ2) is 5.63. The number of halogens is 2. The number of nitrogens with zero attached hydrogens (tertiary/aromatic N) is 1. The Bertz CT molecular complexity index is 45.3. The molecule has 52 valence electrons. The third-order valence-electron chi connectivity index (χ3n) is 1.05. The summed E-state index contributed by atoms with van der Waals surface area (Å²) in [6.45, 7) is 2.37. The normalized spacial score (nSPS) is 19.1. The molecule has 1 saturated heterocycles. The van der Waals surface area contributed by atoms with Gasteiger partial charge in [-0.05, 0) is 6.42 Å². The van der Waals surface area contributed by atoms with Crippen LogP contribution in [0.4, 0.5) is 0 Å². The van der Waals surface area contributed by atoms with Crippen LogP contribution in [0.3, 0.4) is 0 Å². The standard InChI is InChI=1S/C4H10N2.2ClH/c1-6-4-2-3-5-6;;/h5H,2-4H2,1H3;2*1H. The van der Waals surface area contributed by atoms with Crippen LogP contribution in [-0.4, -0.2) is 25.1 Å². The molecule has 0 radical (unpaired) electrons. The Morgan fingerprint density at radius 3 is 2.12 bits per heavy atom. The third kappa shape index (κ3) is 3.50. The van der Waals surface area contributed by atoms with Gasteiger partial charge in [0.2, 0.25) is 0 Å². The summed E-state index contributed by atoms with van der Waals surface area (Å²) in [5.41, 5.74) is 3.15.